The highest BCUT2D eigenvalue weighted by Gasteiger charge is 2.13. The fourth-order valence-electron chi connectivity index (χ4n) is 1.76. The number of thioether (sulfide) groups is 1. The standard InChI is InChI=1S/C13H16FN3OS/c14-12-3-1-2-11(8-12)9-15-16-13(18)10-17-4-6-19-7-5-17/h1-3,8-9H,4-7,10H2,(H,16,18)/b15-9+. The molecule has 1 aromatic carbocycles. The molecular weight excluding hydrogens is 265 g/mol. The van der Waals surface area contributed by atoms with Crippen LogP contribution in [-0.4, -0.2) is 48.2 Å². The fraction of sp³-hybridized carbons (Fsp3) is 0.385. The number of carbonyl (C=O) groups excluding carboxylic acids is 1. The van der Waals surface area contributed by atoms with Crippen LogP contribution >= 0.6 is 11.8 Å². The van der Waals surface area contributed by atoms with Crippen LogP contribution in [-0.2, 0) is 4.79 Å². The summed E-state index contributed by atoms with van der Waals surface area (Å²) in [7, 11) is 0. The van der Waals surface area contributed by atoms with Gasteiger partial charge in [0.05, 0.1) is 12.8 Å². The van der Waals surface area contributed by atoms with E-state index in [0.29, 0.717) is 12.1 Å². The summed E-state index contributed by atoms with van der Waals surface area (Å²) in [6.07, 6.45) is 1.44. The highest BCUT2D eigenvalue weighted by atomic mass is 32.2. The highest BCUT2D eigenvalue weighted by molar-refractivity contribution is 7.99. The average Bonchev–Trinajstić information content (AvgIpc) is 2.40. The summed E-state index contributed by atoms with van der Waals surface area (Å²) >= 11 is 1.90. The minimum absolute atomic E-state index is 0.139. The third-order valence-corrected chi connectivity index (χ3v) is 3.66. The molecule has 0 radical (unpaired) electrons. The summed E-state index contributed by atoms with van der Waals surface area (Å²) in [4.78, 5) is 13.7. The second-order valence-corrected chi connectivity index (χ2v) is 5.46. The molecule has 1 N–H and O–H groups in total. The summed E-state index contributed by atoms with van der Waals surface area (Å²) < 4.78 is 12.9. The molecule has 1 fully saturated rings. The number of rotatable bonds is 4. The molecule has 1 saturated heterocycles. The minimum Gasteiger partial charge on any atom is -0.293 e. The van der Waals surface area contributed by atoms with E-state index < -0.39 is 0 Å². The zero-order chi connectivity index (χ0) is 13.5. The third kappa shape index (κ3) is 5.00. The fourth-order valence-corrected chi connectivity index (χ4v) is 2.74. The highest BCUT2D eigenvalue weighted by Crippen LogP contribution is 2.08. The van der Waals surface area contributed by atoms with Gasteiger partial charge in [0.25, 0.3) is 5.91 Å². The number of carbonyl (C=O) groups is 1. The average molecular weight is 281 g/mol. The van der Waals surface area contributed by atoms with Crippen LogP contribution in [0.3, 0.4) is 0 Å². The lowest BCUT2D eigenvalue weighted by Crippen LogP contribution is -2.40. The first-order valence-electron chi connectivity index (χ1n) is 6.11. The first kappa shape index (κ1) is 14.0. The summed E-state index contributed by atoms with van der Waals surface area (Å²) in [6, 6.07) is 6.05. The number of hydrogen-bond acceptors (Lipinski definition) is 4. The maximum absolute atomic E-state index is 12.9. The van der Waals surface area contributed by atoms with E-state index in [4.69, 9.17) is 0 Å². The van der Waals surface area contributed by atoms with Gasteiger partial charge in [-0.05, 0) is 17.7 Å². The van der Waals surface area contributed by atoms with Crippen molar-refractivity contribution in [2.75, 3.05) is 31.1 Å². The Hall–Kier alpha value is -1.40. The van der Waals surface area contributed by atoms with Gasteiger partial charge >= 0.3 is 0 Å². The molecule has 102 valence electrons. The number of nitrogens with zero attached hydrogens (tertiary/aromatic N) is 2. The van der Waals surface area contributed by atoms with Crippen LogP contribution in [0.5, 0.6) is 0 Å². The Morgan fingerprint density at radius 2 is 2.26 bits per heavy atom. The predicted molar refractivity (Wildman–Crippen MR) is 75.9 cm³/mol. The first-order chi connectivity index (χ1) is 9.24. The van der Waals surface area contributed by atoms with E-state index in [1.54, 1.807) is 12.1 Å². The SMILES string of the molecule is O=C(CN1CCSCC1)N/N=C/c1cccc(F)c1. The smallest absolute Gasteiger partial charge is 0.254 e. The van der Waals surface area contributed by atoms with Crippen LogP contribution in [0, 0.1) is 5.82 Å². The molecule has 0 bridgehead atoms. The lowest BCUT2D eigenvalue weighted by Gasteiger charge is -2.24. The number of benzene rings is 1. The van der Waals surface area contributed by atoms with Crippen molar-refractivity contribution in [1.29, 1.82) is 0 Å². The van der Waals surface area contributed by atoms with Crippen LogP contribution < -0.4 is 5.43 Å². The van der Waals surface area contributed by atoms with Crippen molar-refractivity contribution in [3.8, 4) is 0 Å². The van der Waals surface area contributed by atoms with Gasteiger partial charge in [-0.3, -0.25) is 9.69 Å². The lowest BCUT2D eigenvalue weighted by molar-refractivity contribution is -0.122. The summed E-state index contributed by atoms with van der Waals surface area (Å²) in [5.74, 6) is 1.68. The van der Waals surface area contributed by atoms with E-state index in [9.17, 15) is 9.18 Å². The second-order valence-electron chi connectivity index (χ2n) is 4.24. The molecule has 4 nitrogen and oxygen atoms in total. The lowest BCUT2D eigenvalue weighted by atomic mass is 10.2. The van der Waals surface area contributed by atoms with Crippen LogP contribution in [0.15, 0.2) is 29.4 Å². The molecule has 19 heavy (non-hydrogen) atoms. The maximum Gasteiger partial charge on any atom is 0.254 e. The third-order valence-electron chi connectivity index (χ3n) is 2.72. The van der Waals surface area contributed by atoms with Gasteiger partial charge < -0.3 is 0 Å². The molecule has 0 atom stereocenters. The number of hydrazone groups is 1. The zero-order valence-electron chi connectivity index (χ0n) is 10.5. The van der Waals surface area contributed by atoms with Crippen molar-refractivity contribution in [1.82, 2.24) is 10.3 Å². The van der Waals surface area contributed by atoms with Crippen LogP contribution in [0.1, 0.15) is 5.56 Å². The van der Waals surface area contributed by atoms with E-state index in [2.05, 4.69) is 15.4 Å². The van der Waals surface area contributed by atoms with Crippen LogP contribution in [0.2, 0.25) is 0 Å². The molecule has 1 aliphatic heterocycles. The molecule has 6 heteroatoms. The first-order valence-corrected chi connectivity index (χ1v) is 7.27. The van der Waals surface area contributed by atoms with E-state index in [1.807, 2.05) is 11.8 Å². The quantitative estimate of drug-likeness (QED) is 0.669. The Bertz CT molecular complexity index is 461. The Morgan fingerprint density at radius 3 is 3.00 bits per heavy atom. The number of amides is 1. The van der Waals surface area contributed by atoms with Gasteiger partial charge in [-0.25, -0.2) is 9.82 Å². The predicted octanol–water partition coefficient (Wildman–Crippen LogP) is 1.32. The topological polar surface area (TPSA) is 44.7 Å². The molecule has 0 aliphatic carbocycles. The molecule has 1 aliphatic rings. The normalized spacial score (nSPS) is 16.7. The van der Waals surface area contributed by atoms with Crippen LogP contribution in [0.25, 0.3) is 0 Å². The van der Waals surface area contributed by atoms with Crippen molar-refractivity contribution < 1.29 is 9.18 Å². The van der Waals surface area contributed by atoms with E-state index in [-0.39, 0.29) is 11.7 Å². The zero-order valence-corrected chi connectivity index (χ0v) is 11.3. The van der Waals surface area contributed by atoms with Gasteiger partial charge in [0.2, 0.25) is 0 Å². The molecule has 2 rings (SSSR count). The van der Waals surface area contributed by atoms with Crippen molar-refractivity contribution in [2.24, 2.45) is 5.10 Å². The Kier molecular flexibility index (Phi) is 5.35. The van der Waals surface area contributed by atoms with Gasteiger partial charge in [-0.2, -0.15) is 16.9 Å². The van der Waals surface area contributed by atoms with Gasteiger partial charge in [-0.1, -0.05) is 12.1 Å². The van der Waals surface area contributed by atoms with E-state index in [0.717, 1.165) is 24.6 Å². The Balaban J connectivity index is 1.76. The van der Waals surface area contributed by atoms with Crippen molar-refractivity contribution in [2.45, 2.75) is 0 Å². The second kappa shape index (κ2) is 7.25. The van der Waals surface area contributed by atoms with Gasteiger partial charge in [0.15, 0.2) is 0 Å². The minimum atomic E-state index is -0.318. The number of nitrogens with one attached hydrogen (secondary N) is 1. The van der Waals surface area contributed by atoms with E-state index in [1.165, 1.54) is 18.3 Å². The Labute approximate surface area is 116 Å². The van der Waals surface area contributed by atoms with Gasteiger partial charge in [0.1, 0.15) is 5.82 Å². The number of hydrogen-bond donors (Lipinski definition) is 1. The molecule has 0 aromatic heterocycles. The van der Waals surface area contributed by atoms with Gasteiger partial charge in [0, 0.05) is 24.6 Å². The van der Waals surface area contributed by atoms with Crippen LogP contribution in [0.4, 0.5) is 4.39 Å². The molecular formula is C13H16FN3OS. The van der Waals surface area contributed by atoms with Crippen molar-refractivity contribution >= 4 is 23.9 Å². The largest absolute Gasteiger partial charge is 0.293 e. The monoisotopic (exact) mass is 281 g/mol. The number of halogens is 1. The molecule has 0 spiro atoms. The van der Waals surface area contributed by atoms with Crippen molar-refractivity contribution in [3.63, 3.8) is 0 Å². The maximum atomic E-state index is 12.9. The molecule has 1 amide bonds. The summed E-state index contributed by atoms with van der Waals surface area (Å²) in [5.41, 5.74) is 3.08. The van der Waals surface area contributed by atoms with Gasteiger partial charge in [-0.15, -0.1) is 0 Å². The summed E-state index contributed by atoms with van der Waals surface area (Å²) in [6.45, 7) is 2.23. The van der Waals surface area contributed by atoms with E-state index >= 15 is 0 Å². The molecule has 0 saturated carbocycles. The Morgan fingerprint density at radius 1 is 1.47 bits per heavy atom. The molecule has 0 unspecified atom stereocenters. The molecule has 1 heterocycles. The summed E-state index contributed by atoms with van der Waals surface area (Å²) in [5, 5.41) is 3.83. The molecule has 1 aromatic rings. The van der Waals surface area contributed by atoms with Crippen molar-refractivity contribution in [3.05, 3.63) is 35.6 Å².